The number of hydrogen-bond acceptors (Lipinski definition) is 4. The van der Waals surface area contributed by atoms with Crippen molar-refractivity contribution < 1.29 is 29.3 Å². The highest BCUT2D eigenvalue weighted by Crippen LogP contribution is 2.24. The summed E-state index contributed by atoms with van der Waals surface area (Å²) in [5.74, 6) is -0.610. The number of benzene rings is 4. The molecule has 0 atom stereocenters. The smallest absolute Gasteiger partial charge is 0.339 e. The largest absolute Gasteiger partial charge is 0.488 e. The molecule has 2 N–H and O–H groups in total. The minimum Gasteiger partial charge on any atom is -0.488 e. The monoisotopic (exact) mass is 442 g/mol. The first kappa shape index (κ1) is 23.1. The van der Waals surface area contributed by atoms with E-state index >= 15 is 0 Å². The van der Waals surface area contributed by atoms with Crippen LogP contribution >= 0.6 is 0 Å². The van der Waals surface area contributed by atoms with Crippen LogP contribution in [0.2, 0.25) is 0 Å². The lowest BCUT2D eigenvalue weighted by Crippen LogP contribution is -2.02. The normalized spacial score (nSPS) is 9.82. The summed E-state index contributed by atoms with van der Waals surface area (Å²) in [5.41, 5.74) is 1.35. The van der Waals surface area contributed by atoms with Gasteiger partial charge in [0.25, 0.3) is 0 Å². The zero-order chi connectivity index (χ0) is 23.5. The Morgan fingerprint density at radius 3 is 1.61 bits per heavy atom. The Bertz CT molecular complexity index is 1190. The third kappa shape index (κ3) is 6.97. The molecule has 0 aliphatic carbocycles. The Labute approximate surface area is 191 Å². The average Bonchev–Trinajstić information content (AvgIpc) is 2.85. The predicted molar refractivity (Wildman–Crippen MR) is 124 cm³/mol. The summed E-state index contributed by atoms with van der Waals surface area (Å²) < 4.78 is 11.0. The van der Waals surface area contributed by atoms with E-state index in [-0.39, 0.29) is 11.1 Å². The second kappa shape index (κ2) is 11.7. The summed E-state index contributed by atoms with van der Waals surface area (Å²) in [7, 11) is 0. The average molecular weight is 442 g/mol. The van der Waals surface area contributed by atoms with E-state index in [1.54, 1.807) is 48.5 Å². The molecular formula is C27H22O6. The molecule has 0 radical (unpaired) electrons. The van der Waals surface area contributed by atoms with Gasteiger partial charge in [-0.3, -0.25) is 0 Å². The van der Waals surface area contributed by atoms with Gasteiger partial charge >= 0.3 is 11.9 Å². The Balaban J connectivity index is 0.000000186. The summed E-state index contributed by atoms with van der Waals surface area (Å²) in [6.07, 6.45) is 0. The summed E-state index contributed by atoms with van der Waals surface area (Å²) in [4.78, 5) is 21.9. The van der Waals surface area contributed by atoms with Gasteiger partial charge in [-0.05, 0) is 42.0 Å². The van der Waals surface area contributed by atoms with Gasteiger partial charge in [0.2, 0.25) is 0 Å². The quantitative estimate of drug-likeness (QED) is 0.357. The Hall–Kier alpha value is -4.58. The predicted octanol–water partition coefficient (Wildman–Crippen LogP) is 6.14. The number of rotatable bonds is 7. The van der Waals surface area contributed by atoms with Crippen LogP contribution in [0.25, 0.3) is 0 Å². The fourth-order valence-corrected chi connectivity index (χ4v) is 2.85. The van der Waals surface area contributed by atoms with Crippen molar-refractivity contribution in [3.05, 3.63) is 126 Å². The molecular weight excluding hydrogens is 420 g/mol. The molecule has 0 amide bonds. The van der Waals surface area contributed by atoms with Crippen LogP contribution in [0.4, 0.5) is 0 Å². The standard InChI is InChI=1S/C14H12O3.C13H10O3/c15-14(16)12-8-4-5-9-13(12)17-10-11-6-2-1-3-7-11;14-13(15)11-8-4-5-9-12(11)16-10-6-2-1-3-7-10/h1-9H,10H2,(H,15,16);1-9H,(H,14,15). The van der Waals surface area contributed by atoms with Crippen molar-refractivity contribution in [3.8, 4) is 17.2 Å². The molecule has 0 saturated heterocycles. The molecule has 166 valence electrons. The molecule has 0 aliphatic rings. The highest BCUT2D eigenvalue weighted by atomic mass is 16.5. The van der Waals surface area contributed by atoms with Gasteiger partial charge in [-0.1, -0.05) is 72.8 Å². The van der Waals surface area contributed by atoms with Gasteiger partial charge < -0.3 is 19.7 Å². The zero-order valence-corrected chi connectivity index (χ0v) is 17.6. The molecule has 0 unspecified atom stereocenters. The van der Waals surface area contributed by atoms with Crippen LogP contribution < -0.4 is 9.47 Å². The van der Waals surface area contributed by atoms with E-state index in [1.807, 2.05) is 48.5 Å². The molecule has 0 bridgehead atoms. The highest BCUT2D eigenvalue weighted by Gasteiger charge is 2.11. The first-order valence-corrected chi connectivity index (χ1v) is 10.1. The van der Waals surface area contributed by atoms with Crippen LogP contribution in [-0.4, -0.2) is 22.2 Å². The summed E-state index contributed by atoms with van der Waals surface area (Å²) in [5, 5.41) is 17.9. The van der Waals surface area contributed by atoms with Crippen LogP contribution in [0, 0.1) is 0 Å². The molecule has 0 spiro atoms. The van der Waals surface area contributed by atoms with E-state index in [1.165, 1.54) is 12.1 Å². The number of carboxylic acid groups (broad SMARTS) is 2. The lowest BCUT2D eigenvalue weighted by atomic mass is 10.2. The SMILES string of the molecule is O=C(O)c1ccccc1OCc1ccccc1.O=C(O)c1ccccc1Oc1ccccc1. The van der Waals surface area contributed by atoms with Crippen molar-refractivity contribution in [1.82, 2.24) is 0 Å². The minimum absolute atomic E-state index is 0.159. The third-order valence-corrected chi connectivity index (χ3v) is 4.44. The highest BCUT2D eigenvalue weighted by molar-refractivity contribution is 5.91. The van der Waals surface area contributed by atoms with Crippen molar-refractivity contribution in [2.75, 3.05) is 0 Å². The van der Waals surface area contributed by atoms with E-state index in [4.69, 9.17) is 19.7 Å². The van der Waals surface area contributed by atoms with Gasteiger partial charge in [0.05, 0.1) is 0 Å². The Morgan fingerprint density at radius 2 is 1.03 bits per heavy atom. The summed E-state index contributed by atoms with van der Waals surface area (Å²) in [6, 6.07) is 31.9. The molecule has 0 saturated carbocycles. The molecule has 4 aromatic rings. The van der Waals surface area contributed by atoms with Crippen molar-refractivity contribution in [1.29, 1.82) is 0 Å². The van der Waals surface area contributed by atoms with Gasteiger partial charge in [0, 0.05) is 0 Å². The van der Waals surface area contributed by atoms with Crippen LogP contribution in [0.1, 0.15) is 26.3 Å². The van der Waals surface area contributed by atoms with Crippen molar-refractivity contribution in [2.45, 2.75) is 6.61 Å². The lowest BCUT2D eigenvalue weighted by Gasteiger charge is -2.08. The second-order valence-electron chi connectivity index (χ2n) is 6.79. The van der Waals surface area contributed by atoms with Crippen LogP contribution in [0.3, 0.4) is 0 Å². The van der Waals surface area contributed by atoms with E-state index in [0.717, 1.165) is 5.56 Å². The molecule has 33 heavy (non-hydrogen) atoms. The molecule has 6 heteroatoms. The van der Waals surface area contributed by atoms with Crippen molar-refractivity contribution in [3.63, 3.8) is 0 Å². The second-order valence-corrected chi connectivity index (χ2v) is 6.79. The molecule has 6 nitrogen and oxygen atoms in total. The van der Waals surface area contributed by atoms with Crippen molar-refractivity contribution in [2.24, 2.45) is 0 Å². The molecule has 4 rings (SSSR count). The van der Waals surface area contributed by atoms with Crippen LogP contribution in [0.15, 0.2) is 109 Å². The first-order chi connectivity index (χ1) is 16.0. The zero-order valence-electron chi connectivity index (χ0n) is 17.6. The Morgan fingerprint density at radius 1 is 0.576 bits per heavy atom. The number of carbonyl (C=O) groups is 2. The third-order valence-electron chi connectivity index (χ3n) is 4.44. The Kier molecular flexibility index (Phi) is 8.20. The topological polar surface area (TPSA) is 93.1 Å². The van der Waals surface area contributed by atoms with E-state index in [0.29, 0.717) is 23.9 Å². The van der Waals surface area contributed by atoms with Gasteiger partial charge in [-0.2, -0.15) is 0 Å². The number of hydrogen-bond donors (Lipinski definition) is 2. The number of aromatic carboxylic acids is 2. The number of para-hydroxylation sites is 3. The molecule has 0 aromatic heterocycles. The maximum Gasteiger partial charge on any atom is 0.339 e. The minimum atomic E-state index is -0.994. The van der Waals surface area contributed by atoms with Crippen molar-refractivity contribution >= 4 is 11.9 Å². The number of carboxylic acids is 2. The van der Waals surface area contributed by atoms with Crippen LogP contribution in [0.5, 0.6) is 17.2 Å². The van der Waals surface area contributed by atoms with Gasteiger partial charge in [0.15, 0.2) is 0 Å². The van der Waals surface area contributed by atoms with Gasteiger partial charge in [0.1, 0.15) is 35.0 Å². The molecule has 0 heterocycles. The fraction of sp³-hybridized carbons (Fsp3) is 0.0370. The summed E-state index contributed by atoms with van der Waals surface area (Å²) in [6.45, 7) is 0.366. The fourth-order valence-electron chi connectivity index (χ4n) is 2.85. The maximum atomic E-state index is 11.0. The molecule has 0 fully saturated rings. The van der Waals surface area contributed by atoms with E-state index in [9.17, 15) is 9.59 Å². The van der Waals surface area contributed by atoms with E-state index in [2.05, 4.69) is 0 Å². The number of ether oxygens (including phenoxy) is 2. The van der Waals surface area contributed by atoms with Gasteiger partial charge in [-0.15, -0.1) is 0 Å². The lowest BCUT2D eigenvalue weighted by molar-refractivity contribution is 0.0681. The maximum absolute atomic E-state index is 11.0. The van der Waals surface area contributed by atoms with Crippen LogP contribution in [-0.2, 0) is 6.61 Å². The summed E-state index contributed by atoms with van der Waals surface area (Å²) >= 11 is 0. The molecule has 4 aromatic carbocycles. The van der Waals surface area contributed by atoms with E-state index < -0.39 is 11.9 Å². The molecule has 0 aliphatic heterocycles. The van der Waals surface area contributed by atoms with Gasteiger partial charge in [-0.25, -0.2) is 9.59 Å². The first-order valence-electron chi connectivity index (χ1n) is 10.1.